The number of hydrogen-bond acceptors (Lipinski definition) is 5. The molecule has 0 saturated carbocycles. The summed E-state index contributed by atoms with van der Waals surface area (Å²) >= 11 is 0. The molecule has 2 aliphatic rings. The number of epoxide rings is 2. The highest BCUT2D eigenvalue weighted by Crippen LogP contribution is 2.12. The maximum Gasteiger partial charge on any atom is 0.327 e. The largest absolute Gasteiger partial charge is 0.478 e. The average Bonchev–Trinajstić information content (AvgIpc) is 3.24. The quantitative estimate of drug-likeness (QED) is 0.403. The standard InChI is InChI=1S/C6H10O3.C3H4O2.C3H6O/c1(5-3-8-5)7-2-6-4-9-6;1-2-3(4)5;1-2-3-4/h5-6H,1-4H2;2H,1H2,(H,4,5);2,4H,1,3H2. The van der Waals surface area contributed by atoms with Crippen molar-refractivity contribution >= 4 is 5.97 Å². The molecule has 0 aromatic carbocycles. The summed E-state index contributed by atoms with van der Waals surface area (Å²) in [6, 6.07) is 0. The molecule has 0 radical (unpaired) electrons. The lowest BCUT2D eigenvalue weighted by Gasteiger charge is -1.95. The first-order valence-corrected chi connectivity index (χ1v) is 5.52. The Morgan fingerprint density at radius 2 is 1.61 bits per heavy atom. The van der Waals surface area contributed by atoms with E-state index in [1.807, 2.05) is 0 Å². The molecule has 2 aliphatic heterocycles. The molecule has 0 bridgehead atoms. The van der Waals surface area contributed by atoms with Crippen LogP contribution in [0.1, 0.15) is 0 Å². The molecule has 6 heteroatoms. The highest BCUT2D eigenvalue weighted by atomic mass is 16.6. The van der Waals surface area contributed by atoms with Gasteiger partial charge in [0.2, 0.25) is 0 Å². The smallest absolute Gasteiger partial charge is 0.327 e. The fourth-order valence-corrected chi connectivity index (χ4v) is 0.659. The maximum absolute atomic E-state index is 9.25. The van der Waals surface area contributed by atoms with Gasteiger partial charge in [0, 0.05) is 6.08 Å². The number of aliphatic carboxylic acids is 1. The first kappa shape index (κ1) is 16.8. The van der Waals surface area contributed by atoms with Gasteiger partial charge in [-0.15, -0.1) is 6.58 Å². The molecule has 0 spiro atoms. The van der Waals surface area contributed by atoms with Crippen LogP contribution >= 0.6 is 0 Å². The Labute approximate surface area is 106 Å². The summed E-state index contributed by atoms with van der Waals surface area (Å²) in [6.07, 6.45) is 3.05. The lowest BCUT2D eigenvalue weighted by atomic mass is 10.5. The number of ether oxygens (including phenoxy) is 3. The number of rotatable bonds is 6. The molecule has 0 aromatic heterocycles. The number of hydrogen-bond donors (Lipinski definition) is 2. The normalized spacial score (nSPS) is 22.5. The number of carboxylic acid groups (broad SMARTS) is 1. The molecular formula is C12H20O6. The third-order valence-corrected chi connectivity index (χ3v) is 1.72. The van der Waals surface area contributed by atoms with E-state index in [-0.39, 0.29) is 6.61 Å². The van der Waals surface area contributed by atoms with Crippen molar-refractivity contribution in [2.75, 3.05) is 33.0 Å². The lowest BCUT2D eigenvalue weighted by molar-refractivity contribution is -0.131. The summed E-state index contributed by atoms with van der Waals surface area (Å²) in [7, 11) is 0. The van der Waals surface area contributed by atoms with Crippen LogP contribution in [0, 0.1) is 0 Å². The van der Waals surface area contributed by atoms with E-state index in [4.69, 9.17) is 24.4 Å². The van der Waals surface area contributed by atoms with Crippen LogP contribution in [0.15, 0.2) is 25.3 Å². The SMILES string of the molecule is C(OCC1CO1)C1CO1.C=CC(=O)O.C=CCO. The van der Waals surface area contributed by atoms with Gasteiger partial charge >= 0.3 is 5.97 Å². The van der Waals surface area contributed by atoms with Gasteiger partial charge in [0.05, 0.1) is 33.0 Å². The molecule has 2 N–H and O–H groups in total. The van der Waals surface area contributed by atoms with Gasteiger partial charge in [0.25, 0.3) is 0 Å². The highest BCUT2D eigenvalue weighted by molar-refractivity contribution is 5.78. The van der Waals surface area contributed by atoms with Gasteiger partial charge < -0.3 is 24.4 Å². The molecule has 0 aromatic rings. The zero-order valence-corrected chi connectivity index (χ0v) is 10.3. The summed E-state index contributed by atoms with van der Waals surface area (Å²) < 4.78 is 15.1. The molecule has 2 fully saturated rings. The van der Waals surface area contributed by atoms with Crippen LogP contribution in [-0.4, -0.2) is 61.4 Å². The zero-order valence-electron chi connectivity index (χ0n) is 10.3. The molecule has 2 atom stereocenters. The van der Waals surface area contributed by atoms with Crippen molar-refractivity contribution in [3.8, 4) is 0 Å². The molecule has 2 heterocycles. The third kappa shape index (κ3) is 14.8. The number of aliphatic hydroxyl groups excluding tert-OH is 1. The summed E-state index contributed by atoms with van der Waals surface area (Å²) in [5.41, 5.74) is 0. The Morgan fingerprint density at radius 3 is 1.78 bits per heavy atom. The molecule has 2 rings (SSSR count). The monoisotopic (exact) mass is 260 g/mol. The van der Waals surface area contributed by atoms with Crippen molar-refractivity contribution in [2.45, 2.75) is 12.2 Å². The second-order valence-corrected chi connectivity index (χ2v) is 3.46. The van der Waals surface area contributed by atoms with Crippen molar-refractivity contribution < 1.29 is 29.2 Å². The van der Waals surface area contributed by atoms with Gasteiger partial charge in [-0.25, -0.2) is 4.79 Å². The zero-order chi connectivity index (χ0) is 13.8. The third-order valence-electron chi connectivity index (χ3n) is 1.72. The molecule has 18 heavy (non-hydrogen) atoms. The van der Waals surface area contributed by atoms with Gasteiger partial charge in [0.1, 0.15) is 12.2 Å². The van der Waals surface area contributed by atoms with E-state index in [9.17, 15) is 4.79 Å². The minimum atomic E-state index is -0.981. The van der Waals surface area contributed by atoms with Crippen LogP contribution in [0.3, 0.4) is 0 Å². The first-order chi connectivity index (χ1) is 8.63. The van der Waals surface area contributed by atoms with Crippen LogP contribution in [0.2, 0.25) is 0 Å². The van der Waals surface area contributed by atoms with Gasteiger partial charge in [-0.3, -0.25) is 0 Å². The second kappa shape index (κ2) is 10.9. The summed E-state index contributed by atoms with van der Waals surface area (Å²) in [4.78, 5) is 9.25. The Hall–Kier alpha value is -1.21. The summed E-state index contributed by atoms with van der Waals surface area (Å²) in [5.74, 6) is -0.981. The fourth-order valence-electron chi connectivity index (χ4n) is 0.659. The van der Waals surface area contributed by atoms with Crippen molar-refractivity contribution in [1.29, 1.82) is 0 Å². The number of carboxylic acids is 1. The first-order valence-electron chi connectivity index (χ1n) is 5.52. The minimum Gasteiger partial charge on any atom is -0.478 e. The van der Waals surface area contributed by atoms with E-state index in [1.165, 1.54) is 6.08 Å². The molecule has 0 aliphatic carbocycles. The Bertz CT molecular complexity index is 233. The van der Waals surface area contributed by atoms with Crippen molar-refractivity contribution in [3.63, 3.8) is 0 Å². The second-order valence-electron chi connectivity index (χ2n) is 3.46. The molecule has 104 valence electrons. The topological polar surface area (TPSA) is 91.8 Å². The van der Waals surface area contributed by atoms with Crippen LogP contribution < -0.4 is 0 Å². The lowest BCUT2D eigenvalue weighted by Crippen LogP contribution is -2.06. The van der Waals surface area contributed by atoms with Crippen LogP contribution in [0.4, 0.5) is 0 Å². The van der Waals surface area contributed by atoms with Gasteiger partial charge in [0.15, 0.2) is 0 Å². The average molecular weight is 260 g/mol. The molecule has 6 nitrogen and oxygen atoms in total. The van der Waals surface area contributed by atoms with E-state index in [0.717, 1.165) is 32.5 Å². The van der Waals surface area contributed by atoms with Crippen LogP contribution in [0.5, 0.6) is 0 Å². The van der Waals surface area contributed by atoms with Gasteiger partial charge in [-0.05, 0) is 0 Å². The van der Waals surface area contributed by atoms with Gasteiger partial charge in [-0.2, -0.15) is 0 Å². The van der Waals surface area contributed by atoms with E-state index in [1.54, 1.807) is 0 Å². The van der Waals surface area contributed by atoms with Crippen molar-refractivity contribution in [3.05, 3.63) is 25.3 Å². The highest BCUT2D eigenvalue weighted by Gasteiger charge is 2.26. The van der Waals surface area contributed by atoms with Gasteiger partial charge in [-0.1, -0.05) is 12.7 Å². The van der Waals surface area contributed by atoms with Crippen molar-refractivity contribution in [2.24, 2.45) is 0 Å². The van der Waals surface area contributed by atoms with Crippen LogP contribution in [-0.2, 0) is 19.0 Å². The Morgan fingerprint density at radius 1 is 1.28 bits per heavy atom. The molecule has 0 amide bonds. The predicted molar refractivity (Wildman–Crippen MR) is 65.4 cm³/mol. The van der Waals surface area contributed by atoms with Crippen LogP contribution in [0.25, 0.3) is 0 Å². The Balaban J connectivity index is 0.000000278. The number of carbonyl (C=O) groups is 1. The van der Waals surface area contributed by atoms with E-state index >= 15 is 0 Å². The van der Waals surface area contributed by atoms with E-state index in [2.05, 4.69) is 13.2 Å². The number of aliphatic hydroxyl groups is 1. The van der Waals surface area contributed by atoms with E-state index < -0.39 is 5.97 Å². The van der Waals surface area contributed by atoms with E-state index in [0.29, 0.717) is 12.2 Å². The minimum absolute atomic E-state index is 0.0833. The predicted octanol–water partition coefficient (Wildman–Crippen LogP) is 0.222. The molecule has 2 unspecified atom stereocenters. The summed E-state index contributed by atoms with van der Waals surface area (Å²) in [6.45, 7) is 9.53. The maximum atomic E-state index is 9.25. The van der Waals surface area contributed by atoms with Crippen molar-refractivity contribution in [1.82, 2.24) is 0 Å². The Kier molecular flexibility index (Phi) is 10.2. The fraction of sp³-hybridized carbons (Fsp3) is 0.583. The summed E-state index contributed by atoms with van der Waals surface area (Å²) in [5, 5.41) is 15.4. The molecule has 2 saturated heterocycles. The molecular weight excluding hydrogens is 240 g/mol.